The molecule has 0 aliphatic carbocycles. The molecule has 1 saturated heterocycles. The second-order valence-electron chi connectivity index (χ2n) is 5.44. The fourth-order valence-corrected chi connectivity index (χ4v) is 2.55. The van der Waals surface area contributed by atoms with Gasteiger partial charge in [-0.05, 0) is 51.1 Å². The highest BCUT2D eigenvalue weighted by Crippen LogP contribution is 2.18. The third-order valence-corrected chi connectivity index (χ3v) is 4.24. The van der Waals surface area contributed by atoms with Crippen molar-refractivity contribution < 1.29 is 9.90 Å². The van der Waals surface area contributed by atoms with E-state index in [0.717, 1.165) is 32.4 Å². The zero-order valence-electron chi connectivity index (χ0n) is 11.8. The summed E-state index contributed by atoms with van der Waals surface area (Å²) in [6, 6.07) is 0. The van der Waals surface area contributed by atoms with Crippen molar-refractivity contribution in [2.24, 2.45) is 5.92 Å². The Morgan fingerprint density at radius 2 is 2.17 bits per heavy atom. The summed E-state index contributed by atoms with van der Waals surface area (Å²) in [6.07, 6.45) is 5.53. The molecule has 1 fully saturated rings. The van der Waals surface area contributed by atoms with Crippen LogP contribution in [0.4, 0.5) is 0 Å². The average molecular weight is 256 g/mol. The lowest BCUT2D eigenvalue weighted by Gasteiger charge is -2.31. The van der Waals surface area contributed by atoms with Gasteiger partial charge in [0, 0.05) is 6.42 Å². The minimum atomic E-state index is -0.415. The van der Waals surface area contributed by atoms with Crippen LogP contribution in [-0.4, -0.2) is 36.2 Å². The summed E-state index contributed by atoms with van der Waals surface area (Å²) in [5.41, 5.74) is -0.415. The Bertz CT molecular complexity index is 238. The van der Waals surface area contributed by atoms with Crippen molar-refractivity contribution in [2.45, 2.75) is 57.9 Å². The molecule has 0 aromatic carbocycles. The van der Waals surface area contributed by atoms with E-state index in [1.165, 1.54) is 12.8 Å². The summed E-state index contributed by atoms with van der Waals surface area (Å²) < 4.78 is 0. The molecule has 1 unspecified atom stereocenters. The second-order valence-corrected chi connectivity index (χ2v) is 5.44. The van der Waals surface area contributed by atoms with E-state index in [0.29, 0.717) is 12.3 Å². The number of hydrogen-bond donors (Lipinski definition) is 3. The lowest BCUT2D eigenvalue weighted by atomic mass is 9.92. The highest BCUT2D eigenvalue weighted by molar-refractivity contribution is 5.76. The van der Waals surface area contributed by atoms with Gasteiger partial charge in [0.2, 0.25) is 5.91 Å². The van der Waals surface area contributed by atoms with Crippen molar-refractivity contribution in [3.8, 4) is 0 Å². The Labute approximate surface area is 111 Å². The predicted octanol–water partition coefficient (Wildman–Crippen LogP) is 1.43. The SMILES string of the molecule is CCC(CC)(CO)NC(=O)CCC1CCCNC1. The highest BCUT2D eigenvalue weighted by atomic mass is 16.3. The van der Waals surface area contributed by atoms with Gasteiger partial charge >= 0.3 is 0 Å². The van der Waals surface area contributed by atoms with Crippen LogP contribution in [0.2, 0.25) is 0 Å². The van der Waals surface area contributed by atoms with E-state index < -0.39 is 5.54 Å². The first kappa shape index (κ1) is 15.4. The molecule has 18 heavy (non-hydrogen) atoms. The number of aliphatic hydroxyl groups excluding tert-OH is 1. The van der Waals surface area contributed by atoms with Gasteiger partial charge < -0.3 is 15.7 Å². The fourth-order valence-electron chi connectivity index (χ4n) is 2.55. The van der Waals surface area contributed by atoms with Crippen molar-refractivity contribution >= 4 is 5.91 Å². The average Bonchev–Trinajstić information content (AvgIpc) is 2.44. The Hall–Kier alpha value is -0.610. The summed E-state index contributed by atoms with van der Waals surface area (Å²) in [4.78, 5) is 11.9. The Morgan fingerprint density at radius 3 is 2.67 bits per heavy atom. The molecule has 106 valence electrons. The van der Waals surface area contributed by atoms with Crippen LogP contribution < -0.4 is 10.6 Å². The number of carbonyl (C=O) groups is 1. The molecule has 4 heteroatoms. The van der Waals surface area contributed by atoms with Crippen LogP contribution in [0, 0.1) is 5.92 Å². The predicted molar refractivity (Wildman–Crippen MR) is 73.4 cm³/mol. The van der Waals surface area contributed by atoms with Gasteiger partial charge in [-0.25, -0.2) is 0 Å². The van der Waals surface area contributed by atoms with Gasteiger partial charge in [-0.15, -0.1) is 0 Å². The lowest BCUT2D eigenvalue weighted by Crippen LogP contribution is -2.50. The minimum Gasteiger partial charge on any atom is -0.394 e. The number of rotatable bonds is 7. The summed E-state index contributed by atoms with van der Waals surface area (Å²) in [7, 11) is 0. The zero-order valence-corrected chi connectivity index (χ0v) is 11.8. The normalized spacial score (nSPS) is 20.7. The van der Waals surface area contributed by atoms with Crippen LogP contribution in [0.1, 0.15) is 52.4 Å². The maximum Gasteiger partial charge on any atom is 0.220 e. The highest BCUT2D eigenvalue weighted by Gasteiger charge is 2.27. The van der Waals surface area contributed by atoms with E-state index in [1.807, 2.05) is 13.8 Å². The van der Waals surface area contributed by atoms with E-state index in [1.54, 1.807) is 0 Å². The first-order valence-electron chi connectivity index (χ1n) is 7.28. The number of amides is 1. The molecule has 0 radical (unpaired) electrons. The molecule has 1 amide bonds. The molecular formula is C14H28N2O2. The van der Waals surface area contributed by atoms with Gasteiger partial charge in [-0.2, -0.15) is 0 Å². The van der Waals surface area contributed by atoms with Crippen molar-refractivity contribution in [1.29, 1.82) is 0 Å². The molecule has 4 nitrogen and oxygen atoms in total. The van der Waals surface area contributed by atoms with E-state index in [4.69, 9.17) is 0 Å². The Balaban J connectivity index is 2.31. The van der Waals surface area contributed by atoms with Crippen molar-refractivity contribution in [1.82, 2.24) is 10.6 Å². The van der Waals surface area contributed by atoms with Crippen LogP contribution in [0.15, 0.2) is 0 Å². The third-order valence-electron chi connectivity index (χ3n) is 4.24. The molecule has 1 aliphatic heterocycles. The van der Waals surface area contributed by atoms with Crippen molar-refractivity contribution in [3.05, 3.63) is 0 Å². The standard InChI is InChI=1S/C14H28N2O2/c1-3-14(4-2,11-17)16-13(18)8-7-12-6-5-9-15-10-12/h12,15,17H,3-11H2,1-2H3,(H,16,18). The molecule has 1 rings (SSSR count). The number of carbonyl (C=O) groups excluding carboxylic acids is 1. The van der Waals surface area contributed by atoms with E-state index in [-0.39, 0.29) is 12.5 Å². The minimum absolute atomic E-state index is 0.0245. The molecule has 0 aromatic heterocycles. The molecule has 0 aromatic rings. The van der Waals surface area contributed by atoms with Crippen LogP contribution in [0.3, 0.4) is 0 Å². The van der Waals surface area contributed by atoms with Crippen molar-refractivity contribution in [3.63, 3.8) is 0 Å². The van der Waals surface area contributed by atoms with Crippen molar-refractivity contribution in [2.75, 3.05) is 19.7 Å². The molecule has 1 heterocycles. The number of nitrogens with one attached hydrogen (secondary N) is 2. The molecule has 1 atom stereocenters. The van der Waals surface area contributed by atoms with Crippen LogP contribution in [0.5, 0.6) is 0 Å². The second kappa shape index (κ2) is 7.74. The van der Waals surface area contributed by atoms with Crippen LogP contribution in [0.25, 0.3) is 0 Å². The van der Waals surface area contributed by atoms with Gasteiger partial charge in [-0.3, -0.25) is 4.79 Å². The van der Waals surface area contributed by atoms with Crippen LogP contribution in [-0.2, 0) is 4.79 Å². The van der Waals surface area contributed by atoms with Gasteiger partial charge in [0.15, 0.2) is 0 Å². The molecule has 0 saturated carbocycles. The van der Waals surface area contributed by atoms with Crippen LogP contribution >= 0.6 is 0 Å². The van der Waals surface area contributed by atoms with E-state index >= 15 is 0 Å². The zero-order chi connectivity index (χ0) is 13.4. The molecular weight excluding hydrogens is 228 g/mol. The monoisotopic (exact) mass is 256 g/mol. The van der Waals surface area contributed by atoms with E-state index in [9.17, 15) is 9.90 Å². The quantitative estimate of drug-likeness (QED) is 0.646. The Morgan fingerprint density at radius 1 is 1.44 bits per heavy atom. The third kappa shape index (κ3) is 4.58. The number of piperidine rings is 1. The van der Waals surface area contributed by atoms with E-state index in [2.05, 4.69) is 10.6 Å². The maximum absolute atomic E-state index is 11.9. The number of hydrogen-bond acceptors (Lipinski definition) is 3. The Kier molecular flexibility index (Phi) is 6.65. The number of aliphatic hydroxyl groups is 1. The first-order valence-corrected chi connectivity index (χ1v) is 7.28. The fraction of sp³-hybridized carbons (Fsp3) is 0.929. The largest absolute Gasteiger partial charge is 0.394 e. The summed E-state index contributed by atoms with van der Waals surface area (Å²) in [5, 5.41) is 15.8. The summed E-state index contributed by atoms with van der Waals surface area (Å²) in [5.74, 6) is 0.717. The lowest BCUT2D eigenvalue weighted by molar-refractivity contribution is -0.124. The van der Waals surface area contributed by atoms with Gasteiger partial charge in [0.1, 0.15) is 0 Å². The first-order chi connectivity index (χ1) is 8.65. The molecule has 0 bridgehead atoms. The topological polar surface area (TPSA) is 61.4 Å². The van der Waals surface area contributed by atoms with Gasteiger partial charge in [0.05, 0.1) is 12.1 Å². The summed E-state index contributed by atoms with van der Waals surface area (Å²) >= 11 is 0. The van der Waals surface area contributed by atoms with Gasteiger partial charge in [0.25, 0.3) is 0 Å². The summed E-state index contributed by atoms with van der Waals surface area (Å²) in [6.45, 7) is 6.19. The van der Waals surface area contributed by atoms with Gasteiger partial charge in [-0.1, -0.05) is 13.8 Å². The molecule has 1 aliphatic rings. The smallest absolute Gasteiger partial charge is 0.220 e. The maximum atomic E-state index is 11.9. The molecule has 0 spiro atoms. The molecule has 3 N–H and O–H groups in total.